The molecule has 0 aromatic heterocycles. The summed E-state index contributed by atoms with van der Waals surface area (Å²) in [5, 5.41) is 2.64. The van der Waals surface area contributed by atoms with Gasteiger partial charge in [0.25, 0.3) is 0 Å². The van der Waals surface area contributed by atoms with Crippen molar-refractivity contribution in [3.63, 3.8) is 0 Å². The predicted octanol–water partition coefficient (Wildman–Crippen LogP) is 1.82. The maximum Gasteiger partial charge on any atom is 0.241 e. The number of carbonyl (C=O) groups is 1. The van der Waals surface area contributed by atoms with Crippen LogP contribution >= 0.6 is 0 Å². The lowest BCUT2D eigenvalue weighted by Gasteiger charge is -2.09. The third-order valence-corrected chi connectivity index (χ3v) is 5.86. The zero-order valence-electron chi connectivity index (χ0n) is 13.9. The van der Waals surface area contributed by atoms with Gasteiger partial charge in [-0.25, -0.2) is 13.1 Å². The van der Waals surface area contributed by atoms with Crippen molar-refractivity contribution in [3.05, 3.63) is 47.5 Å². The van der Waals surface area contributed by atoms with E-state index in [9.17, 15) is 13.2 Å². The molecule has 4 rings (SSSR count). The minimum Gasteiger partial charge on any atom is -0.454 e. The average molecular weight is 374 g/mol. The Hall–Kier alpha value is -2.58. The SMILES string of the molecule is O=C(CNS(=O)(=O)c1ccc2c(c1)CCC2)Nc1ccc2c(c1)OCO2. The van der Waals surface area contributed by atoms with Crippen LogP contribution in [0.4, 0.5) is 5.69 Å². The highest BCUT2D eigenvalue weighted by Crippen LogP contribution is 2.34. The molecule has 0 spiro atoms. The fourth-order valence-electron chi connectivity index (χ4n) is 3.14. The summed E-state index contributed by atoms with van der Waals surface area (Å²) >= 11 is 0. The van der Waals surface area contributed by atoms with Gasteiger partial charge in [-0.15, -0.1) is 0 Å². The molecule has 0 saturated carbocycles. The Morgan fingerprint density at radius 2 is 1.81 bits per heavy atom. The van der Waals surface area contributed by atoms with Crippen LogP contribution in [0.25, 0.3) is 0 Å². The molecule has 2 N–H and O–H groups in total. The van der Waals surface area contributed by atoms with Crippen molar-refractivity contribution in [2.45, 2.75) is 24.2 Å². The minimum atomic E-state index is -3.73. The number of fused-ring (bicyclic) bond motifs is 2. The molecule has 0 fully saturated rings. The van der Waals surface area contributed by atoms with Crippen molar-refractivity contribution < 1.29 is 22.7 Å². The molecule has 0 bridgehead atoms. The molecule has 2 aromatic rings. The lowest BCUT2D eigenvalue weighted by atomic mass is 10.1. The molecule has 136 valence electrons. The second-order valence-electron chi connectivity index (χ2n) is 6.22. The van der Waals surface area contributed by atoms with Gasteiger partial charge < -0.3 is 14.8 Å². The zero-order valence-corrected chi connectivity index (χ0v) is 14.8. The number of anilines is 1. The predicted molar refractivity (Wildman–Crippen MR) is 94.9 cm³/mol. The van der Waals surface area contributed by atoms with E-state index in [1.54, 1.807) is 30.3 Å². The van der Waals surface area contributed by atoms with Crippen molar-refractivity contribution in [3.8, 4) is 11.5 Å². The molecule has 1 aliphatic heterocycles. The minimum absolute atomic E-state index is 0.146. The van der Waals surface area contributed by atoms with Crippen LogP contribution in [0.2, 0.25) is 0 Å². The van der Waals surface area contributed by atoms with Gasteiger partial charge in [-0.3, -0.25) is 4.79 Å². The van der Waals surface area contributed by atoms with Gasteiger partial charge in [0.15, 0.2) is 11.5 Å². The van der Waals surface area contributed by atoms with E-state index in [2.05, 4.69) is 10.0 Å². The van der Waals surface area contributed by atoms with Crippen molar-refractivity contribution in [1.29, 1.82) is 0 Å². The topological polar surface area (TPSA) is 93.7 Å². The van der Waals surface area contributed by atoms with Crippen molar-refractivity contribution in [2.24, 2.45) is 0 Å². The van der Waals surface area contributed by atoms with Crippen LogP contribution in [-0.2, 0) is 27.7 Å². The van der Waals surface area contributed by atoms with Crippen LogP contribution in [0.5, 0.6) is 11.5 Å². The Balaban J connectivity index is 1.39. The Labute approximate surface area is 151 Å². The summed E-state index contributed by atoms with van der Waals surface area (Å²) in [6.07, 6.45) is 2.93. The molecule has 1 aliphatic carbocycles. The lowest BCUT2D eigenvalue weighted by molar-refractivity contribution is -0.115. The van der Waals surface area contributed by atoms with Gasteiger partial charge in [-0.1, -0.05) is 6.07 Å². The number of ether oxygens (including phenoxy) is 2. The van der Waals surface area contributed by atoms with Crippen molar-refractivity contribution in [1.82, 2.24) is 4.72 Å². The van der Waals surface area contributed by atoms with Gasteiger partial charge in [0.1, 0.15) is 0 Å². The molecule has 0 radical (unpaired) electrons. The van der Waals surface area contributed by atoms with Crippen LogP contribution in [0.15, 0.2) is 41.3 Å². The Morgan fingerprint density at radius 1 is 1.00 bits per heavy atom. The van der Waals surface area contributed by atoms with Gasteiger partial charge in [0.2, 0.25) is 22.7 Å². The van der Waals surface area contributed by atoms with Gasteiger partial charge in [0, 0.05) is 11.8 Å². The third kappa shape index (κ3) is 3.38. The highest BCUT2D eigenvalue weighted by Gasteiger charge is 2.20. The number of rotatable bonds is 5. The van der Waals surface area contributed by atoms with Gasteiger partial charge in [-0.05, 0) is 54.7 Å². The molecule has 2 aliphatic rings. The first kappa shape index (κ1) is 16.9. The van der Waals surface area contributed by atoms with Crippen LogP contribution in [0.1, 0.15) is 17.5 Å². The van der Waals surface area contributed by atoms with Crippen molar-refractivity contribution in [2.75, 3.05) is 18.7 Å². The fourth-order valence-corrected chi connectivity index (χ4v) is 4.17. The normalized spacial score (nSPS) is 14.9. The largest absolute Gasteiger partial charge is 0.454 e. The zero-order chi connectivity index (χ0) is 18.1. The quantitative estimate of drug-likeness (QED) is 0.833. The van der Waals surface area contributed by atoms with E-state index in [0.29, 0.717) is 17.2 Å². The molecule has 1 amide bonds. The maximum atomic E-state index is 12.4. The van der Waals surface area contributed by atoms with E-state index >= 15 is 0 Å². The van der Waals surface area contributed by atoms with Crippen LogP contribution in [0, 0.1) is 0 Å². The highest BCUT2D eigenvalue weighted by atomic mass is 32.2. The summed E-state index contributed by atoms with van der Waals surface area (Å²) in [4.78, 5) is 12.3. The van der Waals surface area contributed by atoms with Crippen LogP contribution in [-0.4, -0.2) is 27.7 Å². The maximum absolute atomic E-state index is 12.4. The number of carbonyl (C=O) groups excluding carboxylic acids is 1. The summed E-state index contributed by atoms with van der Waals surface area (Å²) in [6.45, 7) is -0.207. The number of sulfonamides is 1. The van der Waals surface area contributed by atoms with Crippen LogP contribution in [0.3, 0.4) is 0 Å². The number of benzene rings is 2. The second-order valence-corrected chi connectivity index (χ2v) is 7.99. The molecule has 0 unspecified atom stereocenters. The van der Waals surface area contributed by atoms with E-state index in [4.69, 9.17) is 9.47 Å². The van der Waals surface area contributed by atoms with E-state index in [1.807, 2.05) is 6.07 Å². The highest BCUT2D eigenvalue weighted by molar-refractivity contribution is 7.89. The standard InChI is InChI=1S/C18H18N2O5S/c21-18(20-14-5-7-16-17(9-14)25-11-24-16)10-19-26(22,23)15-6-4-12-2-1-3-13(12)8-15/h4-9,19H,1-3,10-11H2,(H,20,21). The Bertz CT molecular complexity index is 972. The van der Waals surface area contributed by atoms with E-state index in [1.165, 1.54) is 5.56 Å². The number of aryl methyl sites for hydroxylation is 2. The summed E-state index contributed by atoms with van der Waals surface area (Å²) in [7, 11) is -3.73. The molecule has 0 saturated heterocycles. The monoisotopic (exact) mass is 374 g/mol. The number of amides is 1. The van der Waals surface area contributed by atoms with Gasteiger partial charge in [0.05, 0.1) is 11.4 Å². The molecular weight excluding hydrogens is 356 g/mol. The molecule has 0 atom stereocenters. The first-order valence-corrected chi connectivity index (χ1v) is 9.80. The van der Waals surface area contributed by atoms with Crippen molar-refractivity contribution >= 4 is 21.6 Å². The summed E-state index contributed by atoms with van der Waals surface area (Å²) in [5.41, 5.74) is 2.78. The Kier molecular flexibility index (Phi) is 4.29. The molecular formula is C18H18N2O5S. The summed E-state index contributed by atoms with van der Waals surface area (Å²) in [6, 6.07) is 10.1. The average Bonchev–Trinajstić information content (AvgIpc) is 3.27. The second kappa shape index (κ2) is 6.62. The first-order chi connectivity index (χ1) is 12.5. The van der Waals surface area contributed by atoms with E-state index in [0.717, 1.165) is 24.8 Å². The molecule has 8 heteroatoms. The molecule has 7 nitrogen and oxygen atoms in total. The van der Waals surface area contributed by atoms with Crippen LogP contribution < -0.4 is 19.5 Å². The third-order valence-electron chi connectivity index (χ3n) is 4.46. The summed E-state index contributed by atoms with van der Waals surface area (Å²) in [5.74, 6) is 0.690. The molecule has 1 heterocycles. The first-order valence-electron chi connectivity index (χ1n) is 8.32. The fraction of sp³-hybridized carbons (Fsp3) is 0.278. The van der Waals surface area contributed by atoms with E-state index in [-0.39, 0.29) is 18.2 Å². The summed E-state index contributed by atoms with van der Waals surface area (Å²) < 4.78 is 37.6. The molecule has 2 aromatic carbocycles. The van der Waals surface area contributed by atoms with E-state index < -0.39 is 15.9 Å². The van der Waals surface area contributed by atoms with Gasteiger partial charge >= 0.3 is 0 Å². The number of nitrogens with one attached hydrogen (secondary N) is 2. The number of hydrogen-bond acceptors (Lipinski definition) is 5. The molecule has 26 heavy (non-hydrogen) atoms. The lowest BCUT2D eigenvalue weighted by Crippen LogP contribution is -2.33. The van der Waals surface area contributed by atoms with Gasteiger partial charge in [-0.2, -0.15) is 0 Å². The number of hydrogen-bond donors (Lipinski definition) is 2. The Morgan fingerprint density at radius 3 is 2.69 bits per heavy atom. The smallest absolute Gasteiger partial charge is 0.241 e.